The van der Waals surface area contributed by atoms with Crippen LogP contribution in [-0.4, -0.2) is 46.6 Å². The Bertz CT molecular complexity index is 842. The van der Waals surface area contributed by atoms with Crippen molar-refractivity contribution in [2.45, 2.75) is 65.3 Å². The Morgan fingerprint density at radius 2 is 1.93 bits per heavy atom. The second-order valence-corrected chi connectivity index (χ2v) is 8.71. The van der Waals surface area contributed by atoms with Gasteiger partial charge in [-0.05, 0) is 38.2 Å². The minimum absolute atomic E-state index is 0.0544. The van der Waals surface area contributed by atoms with Crippen molar-refractivity contribution < 1.29 is 9.32 Å². The van der Waals surface area contributed by atoms with Gasteiger partial charge in [0, 0.05) is 44.1 Å². The lowest BCUT2D eigenvalue weighted by Crippen LogP contribution is -2.44. The Hall–Kier alpha value is -2.47. The molecule has 162 valence electrons. The van der Waals surface area contributed by atoms with E-state index in [1.165, 1.54) is 11.1 Å². The molecule has 1 saturated heterocycles. The van der Waals surface area contributed by atoms with Crippen LogP contribution >= 0.6 is 0 Å². The number of amides is 1. The molecule has 2 aromatic rings. The summed E-state index contributed by atoms with van der Waals surface area (Å²) in [6.07, 6.45) is 5.09. The average molecular weight is 411 g/mol. The van der Waals surface area contributed by atoms with E-state index in [4.69, 9.17) is 4.52 Å². The lowest BCUT2D eigenvalue weighted by atomic mass is 10.0. The number of benzene rings is 1. The van der Waals surface area contributed by atoms with Crippen LogP contribution in [0.25, 0.3) is 11.4 Å². The third-order valence-electron chi connectivity index (χ3n) is 5.58. The summed E-state index contributed by atoms with van der Waals surface area (Å²) in [5, 5.41) is 7.22. The maximum absolute atomic E-state index is 12.3. The van der Waals surface area contributed by atoms with E-state index in [9.17, 15) is 4.79 Å². The van der Waals surface area contributed by atoms with Crippen LogP contribution in [0.1, 0.15) is 64.3 Å². The molecular formula is C24H34N4O2. The normalized spacial score (nSPS) is 15.4. The highest BCUT2D eigenvalue weighted by molar-refractivity contribution is 5.76. The Morgan fingerprint density at radius 3 is 2.57 bits per heavy atom. The lowest BCUT2D eigenvalue weighted by molar-refractivity contribution is -0.122. The molecular weight excluding hydrogens is 376 g/mol. The second-order valence-electron chi connectivity index (χ2n) is 8.71. The first-order valence-corrected chi connectivity index (χ1v) is 11.0. The number of rotatable bonds is 8. The van der Waals surface area contributed by atoms with Crippen molar-refractivity contribution in [1.29, 1.82) is 0 Å². The number of nitrogens with one attached hydrogen (secondary N) is 1. The average Bonchev–Trinajstić information content (AvgIpc) is 3.21. The highest BCUT2D eigenvalue weighted by Gasteiger charge is 2.20. The van der Waals surface area contributed by atoms with Gasteiger partial charge in [-0.15, -0.1) is 0 Å². The molecule has 0 bridgehead atoms. The quantitative estimate of drug-likeness (QED) is 0.656. The molecule has 0 spiro atoms. The summed E-state index contributed by atoms with van der Waals surface area (Å²) in [4.78, 5) is 19.2. The van der Waals surface area contributed by atoms with Crippen molar-refractivity contribution in [2.24, 2.45) is 0 Å². The predicted octanol–water partition coefficient (Wildman–Crippen LogP) is 4.34. The van der Waals surface area contributed by atoms with E-state index < -0.39 is 0 Å². The fraction of sp³-hybridized carbons (Fsp3) is 0.542. The molecule has 2 heterocycles. The lowest BCUT2D eigenvalue weighted by Gasteiger charge is -2.31. The van der Waals surface area contributed by atoms with E-state index in [2.05, 4.69) is 66.3 Å². The molecule has 1 amide bonds. The number of hydrogen-bond donors (Lipinski definition) is 1. The van der Waals surface area contributed by atoms with Crippen LogP contribution in [0.5, 0.6) is 0 Å². The van der Waals surface area contributed by atoms with Gasteiger partial charge in [0.15, 0.2) is 0 Å². The van der Waals surface area contributed by atoms with Gasteiger partial charge >= 0.3 is 0 Å². The number of piperidine rings is 1. The summed E-state index contributed by atoms with van der Waals surface area (Å²) in [6, 6.07) is 8.47. The maximum atomic E-state index is 12.3. The summed E-state index contributed by atoms with van der Waals surface area (Å²) >= 11 is 0. The van der Waals surface area contributed by atoms with Crippen LogP contribution in [0.15, 0.2) is 40.4 Å². The first kappa shape index (κ1) is 22.2. The topological polar surface area (TPSA) is 71.3 Å². The number of carbonyl (C=O) groups excluding carboxylic acids is 1. The number of aryl methyl sites for hydroxylation is 1. The molecule has 0 atom stereocenters. The van der Waals surface area contributed by atoms with Gasteiger partial charge in [0.25, 0.3) is 0 Å². The van der Waals surface area contributed by atoms with Gasteiger partial charge in [-0.25, -0.2) is 0 Å². The van der Waals surface area contributed by atoms with E-state index in [1.54, 1.807) is 0 Å². The summed E-state index contributed by atoms with van der Waals surface area (Å²) in [7, 11) is 0. The van der Waals surface area contributed by atoms with Gasteiger partial charge in [-0.1, -0.05) is 54.9 Å². The largest absolute Gasteiger partial charge is 0.353 e. The zero-order valence-corrected chi connectivity index (χ0v) is 18.6. The van der Waals surface area contributed by atoms with Gasteiger partial charge in [0.1, 0.15) is 0 Å². The van der Waals surface area contributed by atoms with E-state index in [-0.39, 0.29) is 11.9 Å². The first-order chi connectivity index (χ1) is 14.4. The summed E-state index contributed by atoms with van der Waals surface area (Å²) in [5.74, 6) is 1.62. The Kier molecular flexibility index (Phi) is 7.80. The Balaban J connectivity index is 1.42. The number of likely N-dealkylation sites (tertiary alicyclic amines) is 1. The minimum Gasteiger partial charge on any atom is -0.353 e. The van der Waals surface area contributed by atoms with Crippen LogP contribution in [0.4, 0.5) is 0 Å². The summed E-state index contributed by atoms with van der Waals surface area (Å²) in [5.41, 5.74) is 3.56. The molecule has 3 rings (SSSR count). The molecule has 6 nitrogen and oxygen atoms in total. The molecule has 0 saturated carbocycles. The van der Waals surface area contributed by atoms with Crippen molar-refractivity contribution in [2.75, 3.05) is 19.6 Å². The molecule has 1 aliphatic heterocycles. The van der Waals surface area contributed by atoms with Crippen LogP contribution in [0.2, 0.25) is 0 Å². The molecule has 0 radical (unpaired) electrons. The molecule has 1 aromatic carbocycles. The Morgan fingerprint density at radius 1 is 1.23 bits per heavy atom. The predicted molar refractivity (Wildman–Crippen MR) is 119 cm³/mol. The molecule has 30 heavy (non-hydrogen) atoms. The van der Waals surface area contributed by atoms with Crippen molar-refractivity contribution in [3.8, 4) is 11.4 Å². The molecule has 6 heteroatoms. The van der Waals surface area contributed by atoms with Gasteiger partial charge in [0.05, 0.1) is 0 Å². The maximum Gasteiger partial charge on any atom is 0.227 e. The first-order valence-electron chi connectivity index (χ1n) is 11.0. The van der Waals surface area contributed by atoms with Crippen molar-refractivity contribution >= 4 is 5.91 Å². The van der Waals surface area contributed by atoms with Crippen LogP contribution in [0, 0.1) is 0 Å². The van der Waals surface area contributed by atoms with Crippen LogP contribution in [0.3, 0.4) is 0 Å². The minimum atomic E-state index is 0.0544. The fourth-order valence-corrected chi connectivity index (χ4v) is 3.58. The highest BCUT2D eigenvalue weighted by atomic mass is 16.5. The molecule has 1 fully saturated rings. The Labute approximate surface area is 179 Å². The molecule has 1 aliphatic rings. The molecule has 0 aliphatic carbocycles. The number of carbonyl (C=O) groups is 1. The zero-order valence-electron chi connectivity index (χ0n) is 18.6. The third-order valence-corrected chi connectivity index (χ3v) is 5.58. The zero-order chi connectivity index (χ0) is 21.5. The van der Waals surface area contributed by atoms with E-state index in [0.29, 0.717) is 30.5 Å². The monoisotopic (exact) mass is 410 g/mol. The van der Waals surface area contributed by atoms with Crippen molar-refractivity contribution in [3.05, 3.63) is 47.4 Å². The number of aromatic nitrogens is 2. The molecule has 1 aromatic heterocycles. The van der Waals surface area contributed by atoms with Gasteiger partial charge in [0.2, 0.25) is 17.6 Å². The smallest absolute Gasteiger partial charge is 0.227 e. The number of hydrogen-bond acceptors (Lipinski definition) is 5. The molecule has 0 unspecified atom stereocenters. The number of nitrogens with zero attached hydrogens (tertiary/aromatic N) is 3. The van der Waals surface area contributed by atoms with Crippen molar-refractivity contribution in [3.63, 3.8) is 0 Å². The summed E-state index contributed by atoms with van der Waals surface area (Å²) in [6.45, 7) is 11.6. The van der Waals surface area contributed by atoms with Gasteiger partial charge in [-0.3, -0.25) is 9.69 Å². The molecule has 1 N–H and O–H groups in total. The van der Waals surface area contributed by atoms with Crippen LogP contribution < -0.4 is 5.32 Å². The van der Waals surface area contributed by atoms with Gasteiger partial charge in [-0.2, -0.15) is 4.98 Å². The van der Waals surface area contributed by atoms with Gasteiger partial charge < -0.3 is 9.84 Å². The third kappa shape index (κ3) is 6.52. The SMILES string of the molecule is CC(C)=CCN1CCC(NC(=O)CCc2nc(-c3ccc(C(C)C)cc3)no2)CC1. The van der Waals surface area contributed by atoms with E-state index in [1.807, 2.05) is 12.1 Å². The highest BCUT2D eigenvalue weighted by Crippen LogP contribution is 2.21. The van der Waals surface area contributed by atoms with Crippen LogP contribution in [-0.2, 0) is 11.2 Å². The number of allylic oxidation sites excluding steroid dienone is 1. The van der Waals surface area contributed by atoms with Crippen molar-refractivity contribution in [1.82, 2.24) is 20.4 Å². The van der Waals surface area contributed by atoms with E-state index >= 15 is 0 Å². The second kappa shape index (κ2) is 10.5. The van der Waals surface area contributed by atoms with E-state index in [0.717, 1.165) is 38.0 Å². The standard InChI is InChI=1S/C24H34N4O2/c1-17(2)11-14-28-15-12-21(13-16-28)25-22(29)9-10-23-26-24(27-30-23)20-7-5-19(6-8-20)18(3)4/h5-8,11,18,21H,9-10,12-16H2,1-4H3,(H,25,29). The fourth-order valence-electron chi connectivity index (χ4n) is 3.58. The summed E-state index contributed by atoms with van der Waals surface area (Å²) < 4.78 is 5.34.